The molecule has 2 aromatic heterocycles. The SMILES string of the molecule is Cc1cccc(-n2[nH]c(C(=O)O)cc2=O)n1. The van der Waals surface area contributed by atoms with Crippen LogP contribution in [-0.2, 0) is 0 Å². The zero-order valence-electron chi connectivity index (χ0n) is 8.47. The molecular weight excluding hydrogens is 210 g/mol. The van der Waals surface area contributed by atoms with Crippen molar-refractivity contribution in [3.8, 4) is 5.82 Å². The highest BCUT2D eigenvalue weighted by molar-refractivity contribution is 5.85. The Morgan fingerprint density at radius 3 is 2.81 bits per heavy atom. The average molecular weight is 219 g/mol. The molecule has 0 aliphatic rings. The van der Waals surface area contributed by atoms with E-state index in [4.69, 9.17) is 5.11 Å². The first-order chi connectivity index (χ1) is 7.58. The summed E-state index contributed by atoms with van der Waals surface area (Å²) in [4.78, 5) is 26.3. The van der Waals surface area contributed by atoms with E-state index in [1.807, 2.05) is 0 Å². The number of hydrogen-bond donors (Lipinski definition) is 2. The molecule has 0 saturated carbocycles. The molecule has 2 heterocycles. The molecular formula is C10H9N3O3. The Hall–Kier alpha value is -2.37. The Morgan fingerprint density at radius 2 is 2.25 bits per heavy atom. The number of aromatic amines is 1. The second-order valence-electron chi connectivity index (χ2n) is 3.29. The summed E-state index contributed by atoms with van der Waals surface area (Å²) in [7, 11) is 0. The number of nitrogens with one attached hydrogen (secondary N) is 1. The van der Waals surface area contributed by atoms with Crippen LogP contribution in [0.3, 0.4) is 0 Å². The van der Waals surface area contributed by atoms with Gasteiger partial charge in [0.05, 0.1) is 0 Å². The lowest BCUT2D eigenvalue weighted by Crippen LogP contribution is -2.15. The molecule has 0 aliphatic carbocycles. The van der Waals surface area contributed by atoms with Crippen molar-refractivity contribution in [2.75, 3.05) is 0 Å². The number of carboxylic acids is 1. The lowest BCUT2D eigenvalue weighted by atomic mass is 10.4. The van der Waals surface area contributed by atoms with E-state index >= 15 is 0 Å². The summed E-state index contributed by atoms with van der Waals surface area (Å²) in [5.74, 6) is -0.805. The van der Waals surface area contributed by atoms with E-state index in [9.17, 15) is 9.59 Å². The standard InChI is InChI=1S/C10H9N3O3/c1-6-3-2-4-8(11-6)13-9(14)5-7(12-13)10(15)16/h2-5,12H,1H3,(H,15,16). The minimum atomic E-state index is -1.18. The number of aromatic carboxylic acids is 1. The molecule has 2 aromatic rings. The number of pyridine rings is 1. The van der Waals surface area contributed by atoms with Gasteiger partial charge in [-0.05, 0) is 19.1 Å². The molecule has 16 heavy (non-hydrogen) atoms. The molecule has 0 saturated heterocycles. The topological polar surface area (TPSA) is 88.0 Å². The highest BCUT2D eigenvalue weighted by Gasteiger charge is 2.10. The summed E-state index contributed by atoms with van der Waals surface area (Å²) < 4.78 is 1.09. The fraction of sp³-hybridized carbons (Fsp3) is 0.100. The third-order valence-corrected chi connectivity index (χ3v) is 2.05. The third-order valence-electron chi connectivity index (χ3n) is 2.05. The highest BCUT2D eigenvalue weighted by atomic mass is 16.4. The number of carboxylic acid groups (broad SMARTS) is 1. The molecule has 0 spiro atoms. The molecule has 0 unspecified atom stereocenters. The van der Waals surface area contributed by atoms with Crippen molar-refractivity contribution in [3.63, 3.8) is 0 Å². The van der Waals surface area contributed by atoms with E-state index in [2.05, 4.69) is 10.1 Å². The van der Waals surface area contributed by atoms with Gasteiger partial charge >= 0.3 is 5.97 Å². The Labute approximate surface area is 90.2 Å². The van der Waals surface area contributed by atoms with Crippen molar-refractivity contribution in [2.24, 2.45) is 0 Å². The van der Waals surface area contributed by atoms with Gasteiger partial charge in [0.25, 0.3) is 5.56 Å². The summed E-state index contributed by atoms with van der Waals surface area (Å²) in [5.41, 5.74) is 0.139. The van der Waals surface area contributed by atoms with Crippen LogP contribution in [0.5, 0.6) is 0 Å². The summed E-state index contributed by atoms with van der Waals surface area (Å²) in [5, 5.41) is 11.2. The van der Waals surface area contributed by atoms with Crippen molar-refractivity contribution in [1.29, 1.82) is 0 Å². The molecule has 6 heteroatoms. The number of rotatable bonds is 2. The van der Waals surface area contributed by atoms with Crippen LogP contribution in [0.1, 0.15) is 16.2 Å². The van der Waals surface area contributed by atoms with Gasteiger partial charge in [-0.1, -0.05) is 6.07 Å². The van der Waals surface area contributed by atoms with Gasteiger partial charge in [-0.25, -0.2) is 14.5 Å². The number of aromatic nitrogens is 3. The molecule has 0 atom stereocenters. The maximum atomic E-state index is 11.5. The van der Waals surface area contributed by atoms with Crippen LogP contribution in [0.25, 0.3) is 5.82 Å². The first-order valence-electron chi connectivity index (χ1n) is 4.57. The minimum Gasteiger partial charge on any atom is -0.477 e. The van der Waals surface area contributed by atoms with E-state index in [1.165, 1.54) is 0 Å². The van der Waals surface area contributed by atoms with Crippen LogP contribution in [0.4, 0.5) is 0 Å². The van der Waals surface area contributed by atoms with E-state index in [1.54, 1.807) is 25.1 Å². The maximum Gasteiger partial charge on any atom is 0.353 e. The number of aryl methyl sites for hydroxylation is 1. The predicted octanol–water partition coefficient (Wildman–Crippen LogP) is 0.567. The largest absolute Gasteiger partial charge is 0.477 e. The molecule has 82 valence electrons. The number of carbonyl (C=O) groups is 1. The first-order valence-corrected chi connectivity index (χ1v) is 4.57. The second-order valence-corrected chi connectivity index (χ2v) is 3.29. The normalized spacial score (nSPS) is 10.3. The predicted molar refractivity (Wildman–Crippen MR) is 55.9 cm³/mol. The molecule has 6 nitrogen and oxygen atoms in total. The first kappa shape index (κ1) is 10.2. The summed E-state index contributed by atoms with van der Waals surface area (Å²) in [6.07, 6.45) is 0. The van der Waals surface area contributed by atoms with E-state index in [-0.39, 0.29) is 5.69 Å². The van der Waals surface area contributed by atoms with Crippen LogP contribution in [0.15, 0.2) is 29.1 Å². The van der Waals surface area contributed by atoms with Crippen molar-refractivity contribution < 1.29 is 9.90 Å². The fourth-order valence-electron chi connectivity index (χ4n) is 1.33. The molecule has 0 amide bonds. The van der Waals surface area contributed by atoms with Crippen LogP contribution in [0, 0.1) is 6.92 Å². The smallest absolute Gasteiger partial charge is 0.353 e. The summed E-state index contributed by atoms with van der Waals surface area (Å²) >= 11 is 0. The molecule has 0 aromatic carbocycles. The molecule has 0 bridgehead atoms. The highest BCUT2D eigenvalue weighted by Crippen LogP contribution is 2.02. The van der Waals surface area contributed by atoms with Gasteiger partial charge in [-0.15, -0.1) is 0 Å². The summed E-state index contributed by atoms with van der Waals surface area (Å²) in [6.45, 7) is 1.79. The molecule has 0 fully saturated rings. The monoisotopic (exact) mass is 219 g/mol. The zero-order chi connectivity index (χ0) is 11.7. The Kier molecular flexibility index (Phi) is 2.32. The number of hydrogen-bond acceptors (Lipinski definition) is 3. The Bertz CT molecular complexity index is 597. The van der Waals surface area contributed by atoms with Gasteiger partial charge in [0, 0.05) is 11.8 Å². The van der Waals surface area contributed by atoms with Crippen LogP contribution < -0.4 is 5.56 Å². The van der Waals surface area contributed by atoms with Gasteiger partial charge in [0.1, 0.15) is 5.69 Å². The van der Waals surface area contributed by atoms with Gasteiger partial charge in [-0.2, -0.15) is 0 Å². The molecule has 2 rings (SSSR count). The van der Waals surface area contributed by atoms with Gasteiger partial charge in [0.15, 0.2) is 5.82 Å². The third kappa shape index (κ3) is 1.72. The minimum absolute atomic E-state index is 0.159. The summed E-state index contributed by atoms with van der Waals surface area (Å²) in [6, 6.07) is 6.17. The number of nitrogens with zero attached hydrogens (tertiary/aromatic N) is 2. The van der Waals surface area contributed by atoms with Crippen LogP contribution in [-0.4, -0.2) is 25.8 Å². The Morgan fingerprint density at radius 1 is 1.50 bits per heavy atom. The average Bonchev–Trinajstić information content (AvgIpc) is 2.60. The quantitative estimate of drug-likeness (QED) is 0.772. The van der Waals surface area contributed by atoms with Gasteiger partial charge < -0.3 is 5.11 Å². The number of H-pyrrole nitrogens is 1. The van der Waals surface area contributed by atoms with E-state index in [0.29, 0.717) is 5.82 Å². The molecule has 0 aliphatic heterocycles. The molecule has 0 radical (unpaired) electrons. The van der Waals surface area contributed by atoms with Gasteiger partial charge in [-0.3, -0.25) is 9.89 Å². The zero-order valence-corrected chi connectivity index (χ0v) is 8.47. The van der Waals surface area contributed by atoms with Crippen molar-refractivity contribution >= 4 is 5.97 Å². The second kappa shape index (κ2) is 3.65. The van der Waals surface area contributed by atoms with Crippen molar-refractivity contribution in [3.05, 3.63) is 46.0 Å². The van der Waals surface area contributed by atoms with E-state index < -0.39 is 11.5 Å². The lowest BCUT2D eigenvalue weighted by Gasteiger charge is -2.00. The lowest BCUT2D eigenvalue weighted by molar-refractivity contribution is 0.0690. The maximum absolute atomic E-state index is 11.5. The van der Waals surface area contributed by atoms with E-state index in [0.717, 1.165) is 16.4 Å². The van der Waals surface area contributed by atoms with Crippen molar-refractivity contribution in [2.45, 2.75) is 6.92 Å². The molecule has 2 N–H and O–H groups in total. The fourth-order valence-corrected chi connectivity index (χ4v) is 1.33. The van der Waals surface area contributed by atoms with Crippen LogP contribution >= 0.6 is 0 Å². The van der Waals surface area contributed by atoms with Crippen molar-refractivity contribution in [1.82, 2.24) is 14.8 Å². The van der Waals surface area contributed by atoms with Gasteiger partial charge in [0.2, 0.25) is 0 Å². The van der Waals surface area contributed by atoms with Crippen LogP contribution in [0.2, 0.25) is 0 Å². The Balaban J connectivity index is 2.56.